The highest BCUT2D eigenvalue weighted by molar-refractivity contribution is 4.80. The van der Waals surface area contributed by atoms with Gasteiger partial charge in [0.05, 0.1) is 0 Å². The predicted octanol–water partition coefficient (Wildman–Crippen LogP) is 3.20. The van der Waals surface area contributed by atoms with Crippen molar-refractivity contribution in [1.82, 2.24) is 0 Å². The highest BCUT2D eigenvalue weighted by Crippen LogP contribution is 2.39. The van der Waals surface area contributed by atoms with E-state index >= 15 is 0 Å². The standard InChI is InChI=1S/C13H25F2NO/c1-17-10-12(5-3-7-16)8-11-4-2-6-13(14,15)9-11/h11-12H,2-10,16H2,1H3. The Labute approximate surface area is 103 Å². The van der Waals surface area contributed by atoms with Crippen LogP contribution in [0.15, 0.2) is 0 Å². The van der Waals surface area contributed by atoms with Gasteiger partial charge in [0.1, 0.15) is 0 Å². The van der Waals surface area contributed by atoms with Crippen molar-refractivity contribution in [2.75, 3.05) is 20.3 Å². The third-order valence-electron chi connectivity index (χ3n) is 3.63. The first-order valence-electron chi connectivity index (χ1n) is 6.64. The number of nitrogens with two attached hydrogens (primary N) is 1. The maximum atomic E-state index is 13.3. The number of alkyl halides is 2. The van der Waals surface area contributed by atoms with Crippen LogP contribution in [0.3, 0.4) is 0 Å². The first-order chi connectivity index (χ1) is 8.07. The number of rotatable bonds is 7. The summed E-state index contributed by atoms with van der Waals surface area (Å²) in [7, 11) is 1.67. The molecule has 1 fully saturated rings. The van der Waals surface area contributed by atoms with Gasteiger partial charge in [-0.3, -0.25) is 0 Å². The molecule has 0 amide bonds. The fourth-order valence-electron chi connectivity index (χ4n) is 2.86. The molecule has 2 unspecified atom stereocenters. The molecule has 1 aliphatic rings. The van der Waals surface area contributed by atoms with Crippen LogP contribution in [-0.2, 0) is 4.74 Å². The second-order valence-electron chi connectivity index (χ2n) is 5.31. The van der Waals surface area contributed by atoms with Crippen molar-refractivity contribution in [3.63, 3.8) is 0 Å². The molecular formula is C13H25F2NO. The lowest BCUT2D eigenvalue weighted by Gasteiger charge is -2.31. The van der Waals surface area contributed by atoms with Gasteiger partial charge in [-0.2, -0.15) is 0 Å². The van der Waals surface area contributed by atoms with E-state index in [0.29, 0.717) is 25.5 Å². The molecule has 0 radical (unpaired) electrons. The van der Waals surface area contributed by atoms with Crippen LogP contribution in [0.4, 0.5) is 8.78 Å². The molecule has 0 bridgehead atoms. The topological polar surface area (TPSA) is 35.2 Å². The Morgan fingerprint density at radius 1 is 1.47 bits per heavy atom. The van der Waals surface area contributed by atoms with E-state index in [0.717, 1.165) is 25.7 Å². The second-order valence-corrected chi connectivity index (χ2v) is 5.31. The average molecular weight is 249 g/mol. The number of ether oxygens (including phenoxy) is 1. The molecule has 2 nitrogen and oxygen atoms in total. The number of hydrogen-bond donors (Lipinski definition) is 1. The molecule has 0 heterocycles. The first-order valence-corrected chi connectivity index (χ1v) is 6.64. The van der Waals surface area contributed by atoms with Gasteiger partial charge in [0, 0.05) is 26.6 Å². The molecule has 0 aromatic rings. The van der Waals surface area contributed by atoms with Gasteiger partial charge >= 0.3 is 0 Å². The SMILES string of the molecule is COCC(CCCN)CC1CCCC(F)(F)C1. The number of hydrogen-bond acceptors (Lipinski definition) is 2. The zero-order valence-electron chi connectivity index (χ0n) is 10.8. The summed E-state index contributed by atoms with van der Waals surface area (Å²) in [6.07, 6.45) is 4.55. The van der Waals surface area contributed by atoms with Crippen LogP contribution >= 0.6 is 0 Å². The van der Waals surface area contributed by atoms with Gasteiger partial charge in [0.2, 0.25) is 5.92 Å². The van der Waals surface area contributed by atoms with E-state index in [1.165, 1.54) is 0 Å². The third kappa shape index (κ3) is 5.77. The molecule has 0 saturated heterocycles. The van der Waals surface area contributed by atoms with Crippen LogP contribution in [0.25, 0.3) is 0 Å². The first kappa shape index (κ1) is 14.8. The number of halogens is 2. The van der Waals surface area contributed by atoms with Gasteiger partial charge < -0.3 is 10.5 Å². The smallest absolute Gasteiger partial charge is 0.248 e. The normalized spacial score (nSPS) is 25.8. The molecule has 1 rings (SSSR count). The maximum absolute atomic E-state index is 13.3. The van der Waals surface area contributed by atoms with E-state index in [4.69, 9.17) is 10.5 Å². The van der Waals surface area contributed by atoms with Crippen molar-refractivity contribution < 1.29 is 13.5 Å². The van der Waals surface area contributed by atoms with Crippen LogP contribution < -0.4 is 5.73 Å². The molecule has 0 aromatic heterocycles. The largest absolute Gasteiger partial charge is 0.384 e. The molecule has 4 heteroatoms. The highest BCUT2D eigenvalue weighted by atomic mass is 19.3. The quantitative estimate of drug-likeness (QED) is 0.752. The van der Waals surface area contributed by atoms with Crippen molar-refractivity contribution in [3.05, 3.63) is 0 Å². The summed E-state index contributed by atoms with van der Waals surface area (Å²) in [6, 6.07) is 0. The fourth-order valence-corrected chi connectivity index (χ4v) is 2.86. The molecule has 0 aliphatic heterocycles. The van der Waals surface area contributed by atoms with E-state index in [1.807, 2.05) is 0 Å². The zero-order valence-corrected chi connectivity index (χ0v) is 10.8. The Morgan fingerprint density at radius 2 is 2.24 bits per heavy atom. The zero-order chi connectivity index (χ0) is 12.7. The van der Waals surface area contributed by atoms with Crippen molar-refractivity contribution >= 4 is 0 Å². The summed E-state index contributed by atoms with van der Waals surface area (Å²) < 4.78 is 31.7. The average Bonchev–Trinajstić information content (AvgIpc) is 2.25. The van der Waals surface area contributed by atoms with Crippen LogP contribution in [0.2, 0.25) is 0 Å². The van der Waals surface area contributed by atoms with Gasteiger partial charge in [-0.25, -0.2) is 8.78 Å². The van der Waals surface area contributed by atoms with Crippen molar-refractivity contribution in [2.45, 2.75) is 50.9 Å². The minimum Gasteiger partial charge on any atom is -0.384 e. The minimum atomic E-state index is -2.44. The summed E-state index contributed by atoms with van der Waals surface area (Å²) in [6.45, 7) is 1.34. The van der Waals surface area contributed by atoms with Crippen molar-refractivity contribution in [1.29, 1.82) is 0 Å². The molecule has 2 N–H and O–H groups in total. The van der Waals surface area contributed by atoms with Crippen molar-refractivity contribution in [2.24, 2.45) is 17.6 Å². The molecule has 17 heavy (non-hydrogen) atoms. The molecule has 1 aliphatic carbocycles. The summed E-state index contributed by atoms with van der Waals surface area (Å²) in [5.74, 6) is -1.88. The Hall–Kier alpha value is -0.220. The predicted molar refractivity (Wildman–Crippen MR) is 65.2 cm³/mol. The van der Waals surface area contributed by atoms with E-state index < -0.39 is 5.92 Å². The maximum Gasteiger partial charge on any atom is 0.248 e. The van der Waals surface area contributed by atoms with Crippen LogP contribution in [0, 0.1) is 11.8 Å². The van der Waals surface area contributed by atoms with Gasteiger partial charge in [-0.05, 0) is 44.1 Å². The van der Waals surface area contributed by atoms with E-state index in [1.54, 1.807) is 7.11 Å². The lowest BCUT2D eigenvalue weighted by molar-refractivity contribution is -0.0573. The summed E-state index contributed by atoms with van der Waals surface area (Å²) in [4.78, 5) is 0. The van der Waals surface area contributed by atoms with E-state index in [-0.39, 0.29) is 18.8 Å². The molecule has 1 saturated carbocycles. The van der Waals surface area contributed by atoms with Crippen LogP contribution in [0.1, 0.15) is 44.9 Å². The lowest BCUT2D eigenvalue weighted by Crippen LogP contribution is -2.28. The Bertz CT molecular complexity index is 212. The summed E-state index contributed by atoms with van der Waals surface area (Å²) in [5, 5.41) is 0. The Balaban J connectivity index is 2.37. The molecule has 2 atom stereocenters. The molecule has 0 aromatic carbocycles. The van der Waals surface area contributed by atoms with Gasteiger partial charge in [-0.15, -0.1) is 0 Å². The van der Waals surface area contributed by atoms with E-state index in [9.17, 15) is 8.78 Å². The van der Waals surface area contributed by atoms with Gasteiger partial charge in [-0.1, -0.05) is 6.42 Å². The second kappa shape index (κ2) is 7.27. The summed E-state index contributed by atoms with van der Waals surface area (Å²) in [5.41, 5.74) is 5.49. The Kier molecular flexibility index (Phi) is 6.34. The Morgan fingerprint density at radius 3 is 2.82 bits per heavy atom. The third-order valence-corrected chi connectivity index (χ3v) is 3.63. The molecular weight excluding hydrogens is 224 g/mol. The highest BCUT2D eigenvalue weighted by Gasteiger charge is 2.36. The molecule has 0 spiro atoms. The monoisotopic (exact) mass is 249 g/mol. The van der Waals surface area contributed by atoms with Crippen LogP contribution in [0.5, 0.6) is 0 Å². The number of methoxy groups -OCH3 is 1. The molecule has 102 valence electrons. The van der Waals surface area contributed by atoms with Gasteiger partial charge in [0.15, 0.2) is 0 Å². The fraction of sp³-hybridized carbons (Fsp3) is 1.00. The lowest BCUT2D eigenvalue weighted by atomic mass is 9.80. The summed E-state index contributed by atoms with van der Waals surface area (Å²) >= 11 is 0. The van der Waals surface area contributed by atoms with Gasteiger partial charge in [0.25, 0.3) is 0 Å². The van der Waals surface area contributed by atoms with Crippen LogP contribution in [-0.4, -0.2) is 26.2 Å². The van der Waals surface area contributed by atoms with Crippen molar-refractivity contribution in [3.8, 4) is 0 Å². The van der Waals surface area contributed by atoms with E-state index in [2.05, 4.69) is 0 Å². The minimum absolute atomic E-state index is 0.0653.